The Morgan fingerprint density at radius 1 is 1.05 bits per heavy atom. The molecule has 1 aliphatic rings. The lowest BCUT2D eigenvalue weighted by Crippen LogP contribution is -2.24. The molecule has 5 rings (SSSR count). The summed E-state index contributed by atoms with van der Waals surface area (Å²) in [5.41, 5.74) is 2.49. The number of fused-ring (bicyclic) bond motifs is 2. The number of carboxylic acid groups (broad SMARTS) is 1. The first-order chi connectivity index (χ1) is 20.2. The monoisotopic (exact) mass is 590 g/mol. The van der Waals surface area contributed by atoms with E-state index in [1.54, 1.807) is 6.07 Å². The number of non-ortho nitro benzene ring substituents is 1. The Balaban J connectivity index is 0.000000507. The highest BCUT2D eigenvalue weighted by Crippen LogP contribution is 2.36. The number of nitro benzene ring substituents is 1. The molecule has 0 aliphatic carbocycles. The van der Waals surface area contributed by atoms with Gasteiger partial charge >= 0.3 is 5.97 Å². The molecule has 2 amide bonds. The number of nitro groups is 1. The van der Waals surface area contributed by atoms with Gasteiger partial charge in [-0.25, -0.2) is 4.98 Å². The van der Waals surface area contributed by atoms with E-state index in [0.29, 0.717) is 40.3 Å². The van der Waals surface area contributed by atoms with E-state index in [1.165, 1.54) is 23.5 Å². The number of imide groups is 1. The molecular formula is C29H30N6O6S. The van der Waals surface area contributed by atoms with Crippen molar-refractivity contribution in [1.29, 1.82) is 0 Å². The molecule has 0 unspecified atom stereocenters. The fourth-order valence-electron chi connectivity index (χ4n) is 4.50. The zero-order valence-corrected chi connectivity index (χ0v) is 23.8. The number of hydrogen-bond donors (Lipinski definition) is 2. The van der Waals surface area contributed by atoms with E-state index in [2.05, 4.69) is 38.4 Å². The summed E-state index contributed by atoms with van der Waals surface area (Å²) in [5, 5.41) is 33.2. The number of azo groups is 1. The molecule has 4 aromatic rings. The third kappa shape index (κ3) is 7.91. The summed E-state index contributed by atoms with van der Waals surface area (Å²) in [4.78, 5) is 48.3. The van der Waals surface area contributed by atoms with Gasteiger partial charge in [0.25, 0.3) is 5.69 Å². The summed E-state index contributed by atoms with van der Waals surface area (Å²) >= 11 is 1.26. The van der Waals surface area contributed by atoms with Crippen LogP contribution in [-0.2, 0) is 14.4 Å². The standard InChI is InChI=1S/C25H25N5O4S.C4H5NO2/c1-2-29(15-7-3-4-10-24(31)32)22-14-13-20(18-8-5-6-9-19(18)22)27-28-25-26-21-12-11-17(30(33)34)16-23(21)35-25;6-3-1-2-4(7)5-3/h5-6,8-9,11-14,16H,2-4,7,10,15H2,1H3,(H,31,32);1-2H2,(H,5,6,7). The second-order valence-corrected chi connectivity index (χ2v) is 10.5. The number of carboxylic acids is 1. The smallest absolute Gasteiger partial charge is 0.303 e. The molecule has 0 spiro atoms. The number of thiazole rings is 1. The Bertz CT molecular complexity index is 1640. The minimum atomic E-state index is -0.750. The number of aromatic nitrogens is 1. The number of benzene rings is 3. The van der Waals surface area contributed by atoms with Gasteiger partial charge in [0.05, 0.1) is 20.8 Å². The molecule has 3 aromatic carbocycles. The lowest BCUT2D eigenvalue weighted by Gasteiger charge is -2.25. The van der Waals surface area contributed by atoms with E-state index in [-0.39, 0.29) is 23.9 Å². The fraction of sp³-hybridized carbons (Fsp3) is 0.310. The summed E-state index contributed by atoms with van der Waals surface area (Å²) in [7, 11) is 0. The lowest BCUT2D eigenvalue weighted by atomic mass is 10.1. The number of amides is 2. The number of carbonyl (C=O) groups excluding carboxylic acids is 2. The van der Waals surface area contributed by atoms with Gasteiger partial charge in [0.15, 0.2) is 0 Å². The van der Waals surface area contributed by atoms with Crippen molar-refractivity contribution in [2.45, 2.75) is 45.4 Å². The van der Waals surface area contributed by atoms with Crippen LogP contribution >= 0.6 is 11.3 Å². The summed E-state index contributed by atoms with van der Waals surface area (Å²) in [6.45, 7) is 3.79. The molecule has 0 saturated carbocycles. The first-order valence-electron chi connectivity index (χ1n) is 13.5. The summed E-state index contributed by atoms with van der Waals surface area (Å²) in [6.07, 6.45) is 3.44. The van der Waals surface area contributed by atoms with Crippen LogP contribution in [0.1, 0.15) is 45.4 Å². The number of nitrogens with one attached hydrogen (secondary N) is 1. The van der Waals surface area contributed by atoms with Gasteiger partial charge in [-0.1, -0.05) is 42.0 Å². The molecule has 2 heterocycles. The second-order valence-electron chi connectivity index (χ2n) is 9.51. The predicted molar refractivity (Wildman–Crippen MR) is 161 cm³/mol. The maximum Gasteiger partial charge on any atom is 0.303 e. The summed E-state index contributed by atoms with van der Waals surface area (Å²) in [6, 6.07) is 16.6. The molecule has 13 heteroatoms. The van der Waals surface area contributed by atoms with Gasteiger partial charge in [-0.2, -0.15) is 0 Å². The fourth-order valence-corrected chi connectivity index (χ4v) is 5.32. The summed E-state index contributed by atoms with van der Waals surface area (Å²) in [5.74, 6) is -1.05. The van der Waals surface area contributed by atoms with E-state index >= 15 is 0 Å². The van der Waals surface area contributed by atoms with Crippen molar-refractivity contribution in [2.24, 2.45) is 10.2 Å². The largest absolute Gasteiger partial charge is 0.481 e. The van der Waals surface area contributed by atoms with E-state index in [0.717, 1.165) is 42.4 Å². The van der Waals surface area contributed by atoms with E-state index < -0.39 is 10.9 Å². The molecule has 1 saturated heterocycles. The molecule has 1 fully saturated rings. The van der Waals surface area contributed by atoms with Gasteiger partial charge in [-0.15, -0.1) is 10.2 Å². The Labute approximate surface area is 245 Å². The first kappa shape index (κ1) is 30.2. The van der Waals surface area contributed by atoms with Crippen LogP contribution < -0.4 is 10.2 Å². The van der Waals surface area contributed by atoms with Gasteiger partial charge in [-0.3, -0.25) is 29.8 Å². The van der Waals surface area contributed by atoms with E-state index in [9.17, 15) is 24.5 Å². The van der Waals surface area contributed by atoms with Crippen LogP contribution in [0.2, 0.25) is 0 Å². The van der Waals surface area contributed by atoms with Gasteiger partial charge in [-0.05, 0) is 38.0 Å². The minimum Gasteiger partial charge on any atom is -0.481 e. The lowest BCUT2D eigenvalue weighted by molar-refractivity contribution is -0.384. The van der Waals surface area contributed by atoms with Crippen LogP contribution in [0, 0.1) is 10.1 Å². The van der Waals surface area contributed by atoms with Crippen molar-refractivity contribution in [3.8, 4) is 0 Å². The zero-order valence-electron chi connectivity index (χ0n) is 23.0. The molecule has 0 bridgehead atoms. The number of nitrogens with zero attached hydrogens (tertiary/aromatic N) is 5. The second kappa shape index (κ2) is 14.2. The molecule has 218 valence electrons. The average molecular weight is 591 g/mol. The van der Waals surface area contributed by atoms with Crippen LogP contribution in [0.15, 0.2) is 64.8 Å². The SMILES string of the molecule is CCN(CCCCCC(=O)O)c1ccc(N=Nc2nc3ccc([N+](=O)[O-])cc3s2)c2ccccc12.O=C1CCC(=O)N1. The van der Waals surface area contributed by atoms with Crippen molar-refractivity contribution in [2.75, 3.05) is 18.0 Å². The third-order valence-corrected chi connectivity index (χ3v) is 7.49. The Hall–Kier alpha value is -4.78. The van der Waals surface area contributed by atoms with E-state index in [1.807, 2.05) is 30.3 Å². The molecular weight excluding hydrogens is 560 g/mol. The van der Waals surface area contributed by atoms with Crippen LogP contribution in [-0.4, -0.2) is 45.9 Å². The van der Waals surface area contributed by atoms with Gasteiger partial charge in [0.1, 0.15) is 0 Å². The third-order valence-electron chi connectivity index (χ3n) is 6.59. The minimum absolute atomic E-state index is 0.0218. The van der Waals surface area contributed by atoms with Crippen molar-refractivity contribution >= 4 is 72.3 Å². The molecule has 0 atom stereocenters. The molecule has 1 aliphatic heterocycles. The molecule has 42 heavy (non-hydrogen) atoms. The number of hydrogen-bond acceptors (Lipinski definition) is 10. The van der Waals surface area contributed by atoms with Crippen LogP contribution in [0.5, 0.6) is 0 Å². The van der Waals surface area contributed by atoms with Crippen LogP contribution in [0.4, 0.5) is 22.2 Å². The van der Waals surface area contributed by atoms with Gasteiger partial charge < -0.3 is 10.0 Å². The van der Waals surface area contributed by atoms with Crippen LogP contribution in [0.3, 0.4) is 0 Å². The highest BCUT2D eigenvalue weighted by atomic mass is 32.1. The molecule has 12 nitrogen and oxygen atoms in total. The Morgan fingerprint density at radius 2 is 1.79 bits per heavy atom. The number of rotatable bonds is 11. The highest BCUT2D eigenvalue weighted by molar-refractivity contribution is 7.21. The normalized spacial score (nSPS) is 12.9. The Morgan fingerprint density at radius 3 is 2.43 bits per heavy atom. The summed E-state index contributed by atoms with van der Waals surface area (Å²) < 4.78 is 0.690. The molecule has 1 aromatic heterocycles. The topological polar surface area (TPSA) is 167 Å². The van der Waals surface area contributed by atoms with Crippen molar-refractivity contribution < 1.29 is 24.4 Å². The zero-order chi connectivity index (χ0) is 30.1. The number of unbranched alkanes of at least 4 members (excludes halogenated alkanes) is 2. The predicted octanol–water partition coefficient (Wildman–Crippen LogP) is 6.67. The van der Waals surface area contributed by atoms with Crippen LogP contribution in [0.25, 0.3) is 21.0 Å². The first-order valence-corrected chi connectivity index (χ1v) is 14.3. The van der Waals surface area contributed by atoms with Crippen molar-refractivity contribution in [3.05, 3.63) is 64.7 Å². The molecule has 0 radical (unpaired) electrons. The van der Waals surface area contributed by atoms with Crippen molar-refractivity contribution in [3.63, 3.8) is 0 Å². The maximum absolute atomic E-state index is 11.0. The number of anilines is 1. The average Bonchev–Trinajstić information content (AvgIpc) is 3.57. The molecule has 2 N–H and O–H groups in total. The van der Waals surface area contributed by atoms with E-state index in [4.69, 9.17) is 5.11 Å². The quantitative estimate of drug-likeness (QED) is 0.0642. The number of carbonyl (C=O) groups is 3. The van der Waals surface area contributed by atoms with Crippen molar-refractivity contribution in [1.82, 2.24) is 10.3 Å². The highest BCUT2D eigenvalue weighted by Gasteiger charge is 2.16. The Kier molecular flexibility index (Phi) is 10.2. The maximum atomic E-state index is 11.0. The number of aliphatic carboxylic acids is 1. The van der Waals surface area contributed by atoms with Gasteiger partial charge in [0, 0.05) is 60.9 Å². The van der Waals surface area contributed by atoms with Gasteiger partial charge in [0.2, 0.25) is 16.9 Å².